The number of aliphatic imine (C=N–C) groups is 2. The number of nitrogens with zero attached hydrogens (tertiary/aromatic N) is 3. The fraction of sp³-hybridized carbons (Fsp3) is 0.318. The van der Waals surface area contributed by atoms with E-state index in [0.717, 1.165) is 31.5 Å². The first-order valence-corrected chi connectivity index (χ1v) is 9.49. The van der Waals surface area contributed by atoms with Crippen LogP contribution in [0, 0.1) is 0 Å². The Hall–Kier alpha value is -2.50. The maximum atomic E-state index is 12.5. The average molecular weight is 436 g/mol. The Morgan fingerprint density at radius 3 is 2.28 bits per heavy atom. The molecule has 1 aliphatic rings. The average Bonchev–Trinajstić information content (AvgIpc) is 2.70. The van der Waals surface area contributed by atoms with Gasteiger partial charge in [-0.1, -0.05) is 55.0 Å². The van der Waals surface area contributed by atoms with E-state index in [4.69, 9.17) is 0 Å². The molecule has 7 heteroatoms. The third-order valence-corrected chi connectivity index (χ3v) is 4.63. The standard InChI is InChI=1S/C22H25N3O3.Ni/c26-20(16-25-13-7-2-8-14-25)24-19-12-6-5-11-18(19)22(23-15-21(27)28)17-9-3-1-4-10-17;/h1,3-6,9-12H,2,7-8,13-16H2,(H,24,26)(H,27,28);/q;+2/p-2. The smallest absolute Gasteiger partial charge is 0.861 e. The van der Waals surface area contributed by atoms with Gasteiger partial charge in [-0.15, -0.1) is 0 Å². The molecule has 1 fully saturated rings. The first-order valence-electron chi connectivity index (χ1n) is 9.49. The zero-order valence-corrected chi connectivity index (χ0v) is 17.0. The van der Waals surface area contributed by atoms with Crippen molar-refractivity contribution in [2.24, 2.45) is 9.98 Å². The number of hydrogen-bond acceptors (Lipinski definition) is 6. The van der Waals surface area contributed by atoms with Gasteiger partial charge >= 0.3 is 16.5 Å². The van der Waals surface area contributed by atoms with Gasteiger partial charge in [0.25, 0.3) is 0 Å². The first kappa shape index (κ1) is 22.8. The fourth-order valence-electron chi connectivity index (χ4n) is 3.32. The van der Waals surface area contributed by atoms with Crippen LogP contribution in [-0.4, -0.2) is 48.7 Å². The molecule has 0 saturated carbocycles. The SMILES string of the molecule is O=C([O-])CN=C(c1ccccc1)c1ccccc1N=C([O-])CN1CCCCC1.[Ni+2]. The molecule has 154 valence electrons. The van der Waals surface area contributed by atoms with Crippen LogP contribution < -0.4 is 10.2 Å². The van der Waals surface area contributed by atoms with Gasteiger partial charge in [-0.25, -0.2) is 0 Å². The Bertz CT molecular complexity index is 863. The molecular weight excluding hydrogens is 413 g/mol. The molecule has 0 amide bonds. The van der Waals surface area contributed by atoms with E-state index in [0.29, 0.717) is 23.5 Å². The molecule has 0 bridgehead atoms. The summed E-state index contributed by atoms with van der Waals surface area (Å²) < 4.78 is 0. The van der Waals surface area contributed by atoms with E-state index < -0.39 is 12.5 Å². The summed E-state index contributed by atoms with van der Waals surface area (Å²) in [5, 5.41) is 23.5. The van der Waals surface area contributed by atoms with Gasteiger partial charge in [0.2, 0.25) is 0 Å². The van der Waals surface area contributed by atoms with Crippen molar-refractivity contribution in [1.29, 1.82) is 0 Å². The Morgan fingerprint density at radius 2 is 1.59 bits per heavy atom. The van der Waals surface area contributed by atoms with Crippen molar-refractivity contribution in [3.8, 4) is 0 Å². The molecule has 6 nitrogen and oxygen atoms in total. The molecule has 1 aliphatic heterocycles. The van der Waals surface area contributed by atoms with Crippen molar-refractivity contribution in [3.63, 3.8) is 0 Å². The number of hydrogen-bond donors (Lipinski definition) is 0. The van der Waals surface area contributed by atoms with Crippen molar-refractivity contribution in [2.45, 2.75) is 19.3 Å². The Balaban J connectivity index is 0.00000300. The number of carbonyl (C=O) groups excluding carboxylic acids is 1. The molecule has 1 heterocycles. The second-order valence-electron chi connectivity index (χ2n) is 6.76. The molecule has 2 aromatic carbocycles. The molecule has 3 rings (SSSR count). The van der Waals surface area contributed by atoms with Crippen LogP contribution in [0.4, 0.5) is 5.69 Å². The van der Waals surface area contributed by atoms with Crippen LogP contribution in [0.25, 0.3) is 0 Å². The monoisotopic (exact) mass is 435 g/mol. The summed E-state index contributed by atoms with van der Waals surface area (Å²) in [6.07, 6.45) is 3.43. The topological polar surface area (TPSA) is 91.1 Å². The molecule has 0 spiro atoms. The van der Waals surface area contributed by atoms with Crippen LogP contribution in [-0.2, 0) is 21.3 Å². The minimum Gasteiger partial charge on any atom is -0.861 e. The number of likely N-dealkylation sites (tertiary alicyclic amines) is 1. The maximum Gasteiger partial charge on any atom is 2.00 e. The van der Waals surface area contributed by atoms with Crippen molar-refractivity contribution >= 4 is 23.3 Å². The van der Waals surface area contributed by atoms with E-state index >= 15 is 0 Å². The van der Waals surface area contributed by atoms with Crippen molar-refractivity contribution in [2.75, 3.05) is 26.2 Å². The molecular formula is C22H23N3NiO3. The number of rotatable bonds is 7. The van der Waals surface area contributed by atoms with E-state index in [1.54, 1.807) is 18.2 Å². The maximum absolute atomic E-state index is 12.5. The van der Waals surface area contributed by atoms with E-state index in [1.165, 1.54) is 6.42 Å². The minimum absolute atomic E-state index is 0. The molecule has 0 aliphatic carbocycles. The van der Waals surface area contributed by atoms with Gasteiger partial charge in [0, 0.05) is 17.7 Å². The van der Waals surface area contributed by atoms with Gasteiger partial charge in [0.05, 0.1) is 23.9 Å². The van der Waals surface area contributed by atoms with Crippen LogP contribution in [0.3, 0.4) is 0 Å². The first-order chi connectivity index (χ1) is 13.6. The normalized spacial score (nSPS) is 15.6. The zero-order chi connectivity index (χ0) is 19.8. The summed E-state index contributed by atoms with van der Waals surface area (Å²) in [6, 6.07) is 16.4. The molecule has 0 radical (unpaired) electrons. The van der Waals surface area contributed by atoms with Crippen LogP contribution >= 0.6 is 0 Å². The van der Waals surface area contributed by atoms with Crippen LogP contribution in [0.1, 0.15) is 30.4 Å². The third-order valence-electron chi connectivity index (χ3n) is 4.63. The Morgan fingerprint density at radius 1 is 0.931 bits per heavy atom. The van der Waals surface area contributed by atoms with Crippen LogP contribution in [0.2, 0.25) is 0 Å². The quantitative estimate of drug-likeness (QED) is 0.370. The van der Waals surface area contributed by atoms with Gasteiger partial charge in [-0.05, 0) is 37.9 Å². The van der Waals surface area contributed by atoms with Gasteiger partial charge in [0.1, 0.15) is 0 Å². The van der Waals surface area contributed by atoms with Gasteiger partial charge in [-0.3, -0.25) is 14.9 Å². The minimum atomic E-state index is -1.26. The largest absolute Gasteiger partial charge is 2.00 e. The molecule has 0 unspecified atom stereocenters. The molecule has 1 saturated heterocycles. The van der Waals surface area contributed by atoms with Gasteiger partial charge in [0.15, 0.2) is 0 Å². The summed E-state index contributed by atoms with van der Waals surface area (Å²) in [7, 11) is 0. The predicted octanol–water partition coefficient (Wildman–Crippen LogP) is 1.15. The van der Waals surface area contributed by atoms with Crippen molar-refractivity contribution < 1.29 is 31.5 Å². The van der Waals surface area contributed by atoms with E-state index in [2.05, 4.69) is 14.9 Å². The van der Waals surface area contributed by atoms with Crippen LogP contribution in [0.5, 0.6) is 0 Å². The summed E-state index contributed by atoms with van der Waals surface area (Å²) in [6.45, 7) is 1.68. The summed E-state index contributed by atoms with van der Waals surface area (Å²) in [5.41, 5.74) is 2.36. The molecule has 0 aromatic heterocycles. The molecule has 0 N–H and O–H groups in total. The number of carboxylic acid groups (broad SMARTS) is 1. The molecule has 0 atom stereocenters. The Labute approximate surface area is 180 Å². The van der Waals surface area contributed by atoms with Gasteiger partial charge < -0.3 is 15.0 Å². The predicted molar refractivity (Wildman–Crippen MR) is 106 cm³/mol. The van der Waals surface area contributed by atoms with E-state index in [1.807, 2.05) is 36.4 Å². The second kappa shape index (κ2) is 11.5. The Kier molecular flexibility index (Phi) is 9.03. The fourth-order valence-corrected chi connectivity index (χ4v) is 3.32. The summed E-state index contributed by atoms with van der Waals surface area (Å²) >= 11 is 0. The number of para-hydroxylation sites is 1. The summed E-state index contributed by atoms with van der Waals surface area (Å²) in [4.78, 5) is 21.6. The van der Waals surface area contributed by atoms with Crippen molar-refractivity contribution in [3.05, 3.63) is 65.7 Å². The van der Waals surface area contributed by atoms with Gasteiger partial charge in [-0.2, -0.15) is 0 Å². The van der Waals surface area contributed by atoms with E-state index in [-0.39, 0.29) is 22.4 Å². The zero-order valence-electron chi connectivity index (χ0n) is 16.0. The molecule has 29 heavy (non-hydrogen) atoms. The third kappa shape index (κ3) is 6.80. The van der Waals surface area contributed by atoms with Crippen LogP contribution in [0.15, 0.2) is 64.6 Å². The number of piperidine rings is 1. The molecule has 2 aromatic rings. The number of carboxylic acids is 1. The number of benzene rings is 2. The van der Waals surface area contributed by atoms with E-state index in [9.17, 15) is 15.0 Å². The number of carbonyl (C=O) groups is 1. The summed E-state index contributed by atoms with van der Waals surface area (Å²) in [5.74, 6) is -1.47. The second-order valence-corrected chi connectivity index (χ2v) is 6.76. The van der Waals surface area contributed by atoms with Crippen molar-refractivity contribution in [1.82, 2.24) is 4.90 Å². The number of aliphatic carboxylic acids is 1.